The molecule has 0 radical (unpaired) electrons. The number of methoxy groups -OCH3 is 3. The van der Waals surface area contributed by atoms with Crippen LogP contribution in [0.2, 0.25) is 0 Å². The number of sulfone groups is 1. The first-order chi connectivity index (χ1) is 13.8. The Morgan fingerprint density at radius 2 is 1.60 bits per heavy atom. The van der Waals surface area contributed by atoms with E-state index < -0.39 is 20.5 Å². The van der Waals surface area contributed by atoms with Gasteiger partial charge in [0, 0.05) is 17.5 Å². The zero-order valence-electron chi connectivity index (χ0n) is 16.7. The number of ether oxygens (including phenoxy) is 3. The molecule has 0 aliphatic rings. The van der Waals surface area contributed by atoms with Crippen LogP contribution in [0.25, 0.3) is 10.9 Å². The number of hydrogen-bond acceptors (Lipinski definition) is 8. The Morgan fingerprint density at radius 3 is 2.20 bits per heavy atom. The van der Waals surface area contributed by atoms with Crippen LogP contribution in [0.5, 0.6) is 17.2 Å². The van der Waals surface area contributed by atoms with Gasteiger partial charge in [-0.2, -0.15) is 0 Å². The number of anilines is 2. The molecule has 0 bridgehead atoms. The summed E-state index contributed by atoms with van der Waals surface area (Å²) < 4.78 is 54.6. The second-order valence-electron chi connectivity index (χ2n) is 5.96. The van der Waals surface area contributed by atoms with Crippen molar-refractivity contribution in [3.63, 3.8) is 0 Å². The SMILES string of the molecule is CCS(=O)(=O)c1cc(Nc2ncnc3cc(OC)c(OC)cc23)c(OC)cc1F.Cl. The molecule has 0 aliphatic heterocycles. The third-order valence-electron chi connectivity index (χ3n) is 4.36. The molecule has 30 heavy (non-hydrogen) atoms. The number of halogens is 2. The molecule has 0 atom stereocenters. The van der Waals surface area contributed by atoms with Gasteiger partial charge in [-0.15, -0.1) is 12.4 Å². The molecule has 162 valence electrons. The van der Waals surface area contributed by atoms with E-state index in [0.29, 0.717) is 28.2 Å². The molecule has 0 spiro atoms. The maximum Gasteiger partial charge on any atom is 0.181 e. The van der Waals surface area contributed by atoms with Gasteiger partial charge in [0.05, 0.1) is 38.3 Å². The highest BCUT2D eigenvalue weighted by Crippen LogP contribution is 2.37. The number of benzene rings is 2. The van der Waals surface area contributed by atoms with Crippen molar-refractivity contribution < 1.29 is 27.0 Å². The molecule has 3 rings (SSSR count). The van der Waals surface area contributed by atoms with E-state index in [9.17, 15) is 12.8 Å². The number of fused-ring (bicyclic) bond motifs is 1. The van der Waals surface area contributed by atoms with Gasteiger partial charge >= 0.3 is 0 Å². The van der Waals surface area contributed by atoms with Gasteiger partial charge in [-0.05, 0) is 12.1 Å². The summed E-state index contributed by atoms with van der Waals surface area (Å²) in [5.41, 5.74) is 0.818. The number of nitrogens with one attached hydrogen (secondary N) is 1. The number of aromatic nitrogens is 2. The highest BCUT2D eigenvalue weighted by molar-refractivity contribution is 7.91. The van der Waals surface area contributed by atoms with Crippen LogP contribution in [-0.4, -0.2) is 45.5 Å². The summed E-state index contributed by atoms with van der Waals surface area (Å²) in [5, 5.41) is 3.61. The Hall–Kier alpha value is -2.85. The molecule has 8 nitrogen and oxygen atoms in total. The summed E-state index contributed by atoms with van der Waals surface area (Å²) in [6.45, 7) is 1.45. The van der Waals surface area contributed by atoms with E-state index in [2.05, 4.69) is 15.3 Å². The fourth-order valence-corrected chi connectivity index (χ4v) is 3.77. The Bertz CT molecular complexity index is 1170. The molecule has 0 fully saturated rings. The van der Waals surface area contributed by atoms with Crippen LogP contribution < -0.4 is 19.5 Å². The molecular weight excluding hydrogens is 437 g/mol. The van der Waals surface area contributed by atoms with Gasteiger partial charge in [0.2, 0.25) is 0 Å². The lowest BCUT2D eigenvalue weighted by Gasteiger charge is -2.15. The van der Waals surface area contributed by atoms with Crippen LogP contribution in [0, 0.1) is 5.82 Å². The molecule has 3 aromatic rings. The minimum absolute atomic E-state index is 0. The van der Waals surface area contributed by atoms with E-state index >= 15 is 0 Å². The van der Waals surface area contributed by atoms with Gasteiger partial charge < -0.3 is 19.5 Å². The highest BCUT2D eigenvalue weighted by Gasteiger charge is 2.21. The molecule has 11 heteroatoms. The third kappa shape index (κ3) is 4.34. The van der Waals surface area contributed by atoms with Crippen LogP contribution in [-0.2, 0) is 9.84 Å². The fraction of sp³-hybridized carbons (Fsp3) is 0.263. The summed E-state index contributed by atoms with van der Waals surface area (Å²) in [4.78, 5) is 8.03. The summed E-state index contributed by atoms with van der Waals surface area (Å²) >= 11 is 0. The normalized spacial score (nSPS) is 11.0. The first kappa shape index (κ1) is 23.4. The Morgan fingerprint density at radius 1 is 0.967 bits per heavy atom. The predicted molar refractivity (Wildman–Crippen MR) is 114 cm³/mol. The summed E-state index contributed by atoms with van der Waals surface area (Å²) in [6.07, 6.45) is 1.34. The fourth-order valence-electron chi connectivity index (χ4n) is 2.81. The van der Waals surface area contributed by atoms with Gasteiger partial charge in [0.15, 0.2) is 21.3 Å². The average Bonchev–Trinajstić information content (AvgIpc) is 2.73. The minimum atomic E-state index is -3.77. The van der Waals surface area contributed by atoms with E-state index in [1.165, 1.54) is 40.6 Å². The second-order valence-corrected chi connectivity index (χ2v) is 8.20. The smallest absolute Gasteiger partial charge is 0.181 e. The molecule has 0 saturated heterocycles. The van der Waals surface area contributed by atoms with Gasteiger partial charge in [-0.1, -0.05) is 6.92 Å². The lowest BCUT2D eigenvalue weighted by molar-refractivity contribution is 0.356. The molecule has 0 saturated carbocycles. The molecule has 1 heterocycles. The van der Waals surface area contributed by atoms with Crippen molar-refractivity contribution >= 4 is 44.7 Å². The van der Waals surface area contributed by atoms with Gasteiger partial charge in [0.25, 0.3) is 0 Å². The van der Waals surface area contributed by atoms with Crippen molar-refractivity contribution in [1.82, 2.24) is 9.97 Å². The average molecular weight is 458 g/mol. The van der Waals surface area contributed by atoms with Gasteiger partial charge in [-0.25, -0.2) is 22.8 Å². The molecule has 1 aromatic heterocycles. The number of nitrogens with zero attached hydrogens (tertiary/aromatic N) is 2. The van der Waals surface area contributed by atoms with E-state index in [0.717, 1.165) is 6.07 Å². The standard InChI is InChI=1S/C19H20FN3O5S.ClH/c1-5-29(24,25)18-9-14(15(26-2)7-12(18)20)23-19-11-6-16(27-3)17(28-4)8-13(11)21-10-22-19;/h6-10H,5H2,1-4H3,(H,21,22,23);1H. The zero-order valence-corrected chi connectivity index (χ0v) is 18.4. The maximum atomic E-state index is 14.3. The quantitative estimate of drug-likeness (QED) is 0.572. The predicted octanol–water partition coefficient (Wildman–Crippen LogP) is 3.75. The van der Waals surface area contributed by atoms with E-state index in [1.807, 2.05) is 0 Å². The molecule has 0 aliphatic carbocycles. The lowest BCUT2D eigenvalue weighted by atomic mass is 10.2. The van der Waals surface area contributed by atoms with Crippen LogP contribution in [0.1, 0.15) is 6.92 Å². The number of hydrogen-bond donors (Lipinski definition) is 1. The van der Waals surface area contributed by atoms with E-state index in [4.69, 9.17) is 14.2 Å². The molecule has 1 N–H and O–H groups in total. The lowest BCUT2D eigenvalue weighted by Crippen LogP contribution is -2.08. The van der Waals surface area contributed by atoms with Crippen molar-refractivity contribution in [1.29, 1.82) is 0 Å². The van der Waals surface area contributed by atoms with Crippen LogP contribution >= 0.6 is 12.4 Å². The van der Waals surface area contributed by atoms with E-state index in [-0.39, 0.29) is 29.6 Å². The van der Waals surface area contributed by atoms with Crippen molar-refractivity contribution in [2.24, 2.45) is 0 Å². The Labute approximate surface area is 179 Å². The molecule has 0 unspecified atom stereocenters. The van der Waals surface area contributed by atoms with Crippen molar-refractivity contribution in [2.45, 2.75) is 11.8 Å². The zero-order chi connectivity index (χ0) is 21.2. The molecular formula is C19H21ClFN3O5S. The van der Waals surface area contributed by atoms with E-state index in [1.54, 1.807) is 12.1 Å². The van der Waals surface area contributed by atoms with Crippen LogP contribution in [0.4, 0.5) is 15.9 Å². The Balaban J connectivity index is 0.00000320. The summed E-state index contributed by atoms with van der Waals surface area (Å²) in [7, 11) is 0.613. The first-order valence-corrected chi connectivity index (χ1v) is 10.2. The van der Waals surface area contributed by atoms with Crippen molar-refractivity contribution in [3.05, 3.63) is 36.4 Å². The monoisotopic (exact) mass is 457 g/mol. The van der Waals surface area contributed by atoms with Crippen molar-refractivity contribution in [3.8, 4) is 17.2 Å². The molecule has 0 amide bonds. The third-order valence-corrected chi connectivity index (χ3v) is 6.11. The highest BCUT2D eigenvalue weighted by atomic mass is 35.5. The molecule has 2 aromatic carbocycles. The Kier molecular flexibility index (Phi) is 7.27. The number of rotatable bonds is 7. The first-order valence-electron chi connectivity index (χ1n) is 8.58. The summed E-state index contributed by atoms with van der Waals surface area (Å²) in [5.74, 6) is 0.348. The van der Waals surface area contributed by atoms with Crippen LogP contribution in [0.15, 0.2) is 35.5 Å². The maximum absolute atomic E-state index is 14.3. The van der Waals surface area contributed by atoms with Crippen LogP contribution in [0.3, 0.4) is 0 Å². The summed E-state index contributed by atoms with van der Waals surface area (Å²) in [6, 6.07) is 5.60. The van der Waals surface area contributed by atoms with Crippen molar-refractivity contribution in [2.75, 3.05) is 32.4 Å². The second kappa shape index (κ2) is 9.31. The minimum Gasteiger partial charge on any atom is -0.494 e. The van der Waals surface area contributed by atoms with Gasteiger partial charge in [-0.3, -0.25) is 0 Å². The largest absolute Gasteiger partial charge is 0.494 e. The van der Waals surface area contributed by atoms with Gasteiger partial charge in [0.1, 0.15) is 28.6 Å². The topological polar surface area (TPSA) is 99.6 Å².